The SMILES string of the molecule is Cc1cc(Br)cc(CC=O)c1OC(C)C. The zero-order valence-corrected chi connectivity index (χ0v) is 10.8. The summed E-state index contributed by atoms with van der Waals surface area (Å²) in [6, 6.07) is 3.92. The Bertz CT molecular complexity index is 359. The van der Waals surface area contributed by atoms with Gasteiger partial charge in [0.1, 0.15) is 12.0 Å². The molecule has 0 aromatic heterocycles. The molecule has 1 rings (SSSR count). The molecule has 0 heterocycles. The highest BCUT2D eigenvalue weighted by Crippen LogP contribution is 2.28. The summed E-state index contributed by atoms with van der Waals surface area (Å²) >= 11 is 3.41. The second kappa shape index (κ2) is 5.31. The van der Waals surface area contributed by atoms with Gasteiger partial charge in [0, 0.05) is 16.5 Å². The van der Waals surface area contributed by atoms with Gasteiger partial charge in [-0.2, -0.15) is 0 Å². The maximum Gasteiger partial charge on any atom is 0.126 e. The Morgan fingerprint density at radius 1 is 1.47 bits per heavy atom. The molecule has 0 N–H and O–H groups in total. The Balaban J connectivity index is 3.13. The van der Waals surface area contributed by atoms with Gasteiger partial charge in [0.05, 0.1) is 6.10 Å². The first-order valence-electron chi connectivity index (χ1n) is 4.94. The highest BCUT2D eigenvalue weighted by Gasteiger charge is 2.10. The largest absolute Gasteiger partial charge is 0.490 e. The Labute approximate surface area is 98.8 Å². The minimum atomic E-state index is 0.121. The zero-order valence-electron chi connectivity index (χ0n) is 9.21. The van der Waals surface area contributed by atoms with E-state index >= 15 is 0 Å². The van der Waals surface area contributed by atoms with E-state index < -0.39 is 0 Å². The number of carbonyl (C=O) groups is 1. The molecule has 3 heteroatoms. The molecule has 0 atom stereocenters. The number of rotatable bonds is 4. The number of benzene rings is 1. The van der Waals surface area contributed by atoms with Crippen molar-refractivity contribution in [3.63, 3.8) is 0 Å². The fourth-order valence-corrected chi connectivity index (χ4v) is 2.06. The molecule has 2 nitrogen and oxygen atoms in total. The van der Waals surface area contributed by atoms with Crippen molar-refractivity contribution in [2.75, 3.05) is 0 Å². The second-order valence-electron chi connectivity index (χ2n) is 3.75. The summed E-state index contributed by atoms with van der Waals surface area (Å²) in [5, 5.41) is 0. The average molecular weight is 271 g/mol. The number of aldehydes is 1. The van der Waals surface area contributed by atoms with Crippen molar-refractivity contribution in [1.29, 1.82) is 0 Å². The van der Waals surface area contributed by atoms with Crippen molar-refractivity contribution < 1.29 is 9.53 Å². The Hall–Kier alpha value is -0.830. The van der Waals surface area contributed by atoms with Gasteiger partial charge < -0.3 is 9.53 Å². The normalized spacial score (nSPS) is 10.5. The van der Waals surface area contributed by atoms with E-state index in [9.17, 15) is 4.79 Å². The van der Waals surface area contributed by atoms with E-state index in [1.165, 1.54) is 0 Å². The van der Waals surface area contributed by atoms with Crippen molar-refractivity contribution >= 4 is 22.2 Å². The van der Waals surface area contributed by atoms with E-state index in [-0.39, 0.29) is 6.10 Å². The standard InChI is InChI=1S/C12H15BrO2/c1-8(2)15-12-9(3)6-11(13)7-10(12)4-5-14/h5-8H,4H2,1-3H3. The van der Waals surface area contributed by atoms with Gasteiger partial charge >= 0.3 is 0 Å². The molecule has 0 aliphatic rings. The Kier molecular flexibility index (Phi) is 4.33. The Morgan fingerprint density at radius 3 is 2.67 bits per heavy atom. The maximum absolute atomic E-state index is 10.6. The molecule has 1 aromatic rings. The predicted octanol–water partition coefficient (Wildman–Crippen LogP) is 3.29. The van der Waals surface area contributed by atoms with E-state index in [4.69, 9.17) is 4.74 Å². The topological polar surface area (TPSA) is 26.3 Å². The lowest BCUT2D eigenvalue weighted by atomic mass is 10.1. The minimum Gasteiger partial charge on any atom is -0.490 e. The van der Waals surface area contributed by atoms with Crippen LogP contribution in [0.4, 0.5) is 0 Å². The van der Waals surface area contributed by atoms with E-state index in [0.29, 0.717) is 6.42 Å². The van der Waals surface area contributed by atoms with Crippen LogP contribution >= 0.6 is 15.9 Å². The van der Waals surface area contributed by atoms with Gasteiger partial charge in [-0.1, -0.05) is 15.9 Å². The maximum atomic E-state index is 10.6. The Morgan fingerprint density at radius 2 is 2.13 bits per heavy atom. The average Bonchev–Trinajstić information content (AvgIpc) is 2.11. The zero-order chi connectivity index (χ0) is 11.4. The molecule has 1 aromatic carbocycles. The molecule has 82 valence electrons. The van der Waals surface area contributed by atoms with E-state index in [0.717, 1.165) is 27.6 Å². The number of carbonyl (C=O) groups excluding carboxylic acids is 1. The van der Waals surface area contributed by atoms with E-state index in [1.54, 1.807) is 0 Å². The molecule has 0 radical (unpaired) electrons. The summed E-state index contributed by atoms with van der Waals surface area (Å²) in [6.07, 6.45) is 1.41. The quantitative estimate of drug-likeness (QED) is 0.785. The van der Waals surface area contributed by atoms with Gasteiger partial charge in [-0.3, -0.25) is 0 Å². The van der Waals surface area contributed by atoms with Crippen molar-refractivity contribution in [3.8, 4) is 5.75 Å². The second-order valence-corrected chi connectivity index (χ2v) is 4.66. The van der Waals surface area contributed by atoms with Crippen LogP contribution in [0.25, 0.3) is 0 Å². The summed E-state index contributed by atoms with van der Waals surface area (Å²) in [7, 11) is 0. The third-order valence-corrected chi connectivity index (χ3v) is 2.43. The molecule has 0 saturated carbocycles. The number of hydrogen-bond donors (Lipinski definition) is 0. The summed E-state index contributed by atoms with van der Waals surface area (Å²) in [5.74, 6) is 0.834. The molecule has 0 fully saturated rings. The fraction of sp³-hybridized carbons (Fsp3) is 0.417. The van der Waals surface area contributed by atoms with Crippen molar-refractivity contribution in [1.82, 2.24) is 0 Å². The number of aryl methyl sites for hydroxylation is 1. The van der Waals surface area contributed by atoms with Crippen LogP contribution in [0, 0.1) is 6.92 Å². The number of hydrogen-bond acceptors (Lipinski definition) is 2. The van der Waals surface area contributed by atoms with Crippen molar-refractivity contribution in [2.45, 2.75) is 33.3 Å². The molecule has 0 aliphatic heterocycles. The van der Waals surface area contributed by atoms with Crippen LogP contribution in [-0.2, 0) is 11.2 Å². The van der Waals surface area contributed by atoms with Gasteiger partial charge in [-0.15, -0.1) is 0 Å². The van der Waals surface area contributed by atoms with Crippen molar-refractivity contribution in [3.05, 3.63) is 27.7 Å². The van der Waals surface area contributed by atoms with Crippen LogP contribution < -0.4 is 4.74 Å². The summed E-state index contributed by atoms with van der Waals surface area (Å²) in [5.41, 5.74) is 1.99. The van der Waals surface area contributed by atoms with Crippen LogP contribution in [0.5, 0.6) is 5.75 Å². The lowest BCUT2D eigenvalue weighted by molar-refractivity contribution is -0.107. The predicted molar refractivity (Wildman–Crippen MR) is 64.4 cm³/mol. The first-order valence-corrected chi connectivity index (χ1v) is 5.73. The van der Waals surface area contributed by atoms with Gasteiger partial charge in [-0.25, -0.2) is 0 Å². The smallest absolute Gasteiger partial charge is 0.126 e. The van der Waals surface area contributed by atoms with E-state index in [1.807, 2.05) is 32.9 Å². The first-order chi connectivity index (χ1) is 7.04. The van der Waals surface area contributed by atoms with Crippen molar-refractivity contribution in [2.24, 2.45) is 0 Å². The van der Waals surface area contributed by atoms with Crippen LogP contribution in [0.3, 0.4) is 0 Å². The molecular formula is C12H15BrO2. The van der Waals surface area contributed by atoms with E-state index in [2.05, 4.69) is 15.9 Å². The van der Waals surface area contributed by atoms with Gasteiger partial charge in [0.2, 0.25) is 0 Å². The summed E-state index contributed by atoms with van der Waals surface area (Å²) in [6.45, 7) is 5.94. The van der Waals surface area contributed by atoms with Crippen LogP contribution in [-0.4, -0.2) is 12.4 Å². The molecular weight excluding hydrogens is 256 g/mol. The minimum absolute atomic E-state index is 0.121. The monoisotopic (exact) mass is 270 g/mol. The van der Waals surface area contributed by atoms with Crippen LogP contribution in [0.2, 0.25) is 0 Å². The lowest BCUT2D eigenvalue weighted by Gasteiger charge is -2.16. The molecule has 0 aliphatic carbocycles. The molecule has 0 saturated heterocycles. The first kappa shape index (κ1) is 12.2. The van der Waals surface area contributed by atoms with Crippen LogP contribution in [0.1, 0.15) is 25.0 Å². The molecule has 0 spiro atoms. The molecule has 15 heavy (non-hydrogen) atoms. The highest BCUT2D eigenvalue weighted by atomic mass is 79.9. The molecule has 0 amide bonds. The molecule has 0 bridgehead atoms. The third-order valence-electron chi connectivity index (χ3n) is 1.97. The lowest BCUT2D eigenvalue weighted by Crippen LogP contribution is -2.09. The number of ether oxygens (including phenoxy) is 1. The summed E-state index contributed by atoms with van der Waals surface area (Å²) < 4.78 is 6.68. The van der Waals surface area contributed by atoms with Gasteiger partial charge in [0.25, 0.3) is 0 Å². The number of halogens is 1. The third kappa shape index (κ3) is 3.34. The van der Waals surface area contributed by atoms with Gasteiger partial charge in [0.15, 0.2) is 0 Å². The van der Waals surface area contributed by atoms with Gasteiger partial charge in [-0.05, 0) is 38.5 Å². The molecule has 0 unspecified atom stereocenters. The van der Waals surface area contributed by atoms with Crippen LogP contribution in [0.15, 0.2) is 16.6 Å². The fourth-order valence-electron chi connectivity index (χ4n) is 1.45. The summed E-state index contributed by atoms with van der Waals surface area (Å²) in [4.78, 5) is 10.6. The highest BCUT2D eigenvalue weighted by molar-refractivity contribution is 9.10.